The van der Waals surface area contributed by atoms with Crippen molar-refractivity contribution < 1.29 is 19.1 Å². The minimum atomic E-state index is 0.236. The van der Waals surface area contributed by atoms with Crippen molar-refractivity contribution in [1.82, 2.24) is 9.80 Å². The minimum absolute atomic E-state index is 0.236. The Labute approximate surface area is 120 Å². The van der Waals surface area contributed by atoms with Gasteiger partial charge < -0.3 is 19.3 Å². The van der Waals surface area contributed by atoms with Crippen LogP contribution in [0.4, 0.5) is 0 Å². The quantitative estimate of drug-likeness (QED) is 0.570. The van der Waals surface area contributed by atoms with E-state index in [0.29, 0.717) is 52.4 Å². The van der Waals surface area contributed by atoms with E-state index in [1.165, 1.54) is 0 Å². The summed E-state index contributed by atoms with van der Waals surface area (Å²) in [4.78, 5) is 26.4. The molecule has 2 amide bonds. The van der Waals surface area contributed by atoms with Gasteiger partial charge in [0.1, 0.15) is 0 Å². The normalized spacial score (nSPS) is 19.4. The second kappa shape index (κ2) is 8.21. The van der Waals surface area contributed by atoms with Gasteiger partial charge in [0, 0.05) is 39.0 Å². The molecule has 0 bridgehead atoms. The lowest BCUT2D eigenvalue weighted by Gasteiger charge is -2.16. The summed E-state index contributed by atoms with van der Waals surface area (Å²) in [7, 11) is 0. The highest BCUT2D eigenvalue weighted by molar-refractivity contribution is 5.78. The van der Waals surface area contributed by atoms with Crippen molar-refractivity contribution in [2.75, 3.05) is 52.6 Å². The first-order chi connectivity index (χ1) is 9.77. The molecule has 20 heavy (non-hydrogen) atoms. The molecule has 0 radical (unpaired) electrons. The number of hydrogen-bond acceptors (Lipinski definition) is 4. The van der Waals surface area contributed by atoms with Crippen molar-refractivity contribution in [2.24, 2.45) is 0 Å². The molecule has 0 atom stereocenters. The number of ether oxygens (including phenoxy) is 2. The summed E-state index contributed by atoms with van der Waals surface area (Å²) in [6, 6.07) is 0. The zero-order valence-corrected chi connectivity index (χ0v) is 12.0. The summed E-state index contributed by atoms with van der Waals surface area (Å²) in [5.41, 5.74) is 0. The van der Waals surface area contributed by atoms with Crippen LogP contribution in [-0.2, 0) is 19.1 Å². The van der Waals surface area contributed by atoms with Gasteiger partial charge in [0.05, 0.1) is 26.4 Å². The number of carbonyl (C=O) groups is 2. The molecule has 114 valence electrons. The van der Waals surface area contributed by atoms with Crippen molar-refractivity contribution in [3.63, 3.8) is 0 Å². The molecule has 2 rings (SSSR count). The lowest BCUT2D eigenvalue weighted by molar-refractivity contribution is -0.129. The highest BCUT2D eigenvalue weighted by Gasteiger charge is 2.19. The Hall–Kier alpha value is -1.14. The maximum Gasteiger partial charge on any atom is 0.222 e. The third kappa shape index (κ3) is 4.76. The molecule has 0 aromatic rings. The van der Waals surface area contributed by atoms with Crippen molar-refractivity contribution in [1.29, 1.82) is 0 Å². The van der Waals surface area contributed by atoms with Crippen LogP contribution >= 0.6 is 0 Å². The van der Waals surface area contributed by atoms with E-state index in [2.05, 4.69) is 0 Å². The third-order valence-electron chi connectivity index (χ3n) is 3.73. The molecule has 0 aromatic heterocycles. The van der Waals surface area contributed by atoms with Crippen LogP contribution in [0.5, 0.6) is 0 Å². The van der Waals surface area contributed by atoms with Crippen molar-refractivity contribution in [2.45, 2.75) is 25.7 Å². The summed E-state index contributed by atoms with van der Waals surface area (Å²) in [5, 5.41) is 0. The molecule has 2 fully saturated rings. The van der Waals surface area contributed by atoms with Gasteiger partial charge in [-0.2, -0.15) is 0 Å². The van der Waals surface area contributed by atoms with Crippen LogP contribution in [0.2, 0.25) is 0 Å². The predicted octanol–water partition coefficient (Wildman–Crippen LogP) is 0.264. The maximum absolute atomic E-state index is 11.3. The smallest absolute Gasteiger partial charge is 0.222 e. The van der Waals surface area contributed by atoms with Crippen LogP contribution in [-0.4, -0.2) is 74.2 Å². The molecule has 0 unspecified atom stereocenters. The zero-order valence-electron chi connectivity index (χ0n) is 12.0. The van der Waals surface area contributed by atoms with Gasteiger partial charge in [-0.05, 0) is 12.8 Å². The lowest BCUT2D eigenvalue weighted by Crippen LogP contribution is -2.29. The first kappa shape index (κ1) is 15.3. The Balaban J connectivity index is 1.38. The van der Waals surface area contributed by atoms with Crippen LogP contribution in [0.15, 0.2) is 0 Å². The summed E-state index contributed by atoms with van der Waals surface area (Å²) >= 11 is 0. The first-order valence-corrected chi connectivity index (χ1v) is 7.48. The van der Waals surface area contributed by atoms with Gasteiger partial charge in [-0.3, -0.25) is 9.59 Å². The second-order valence-corrected chi connectivity index (χ2v) is 5.19. The molecule has 2 aliphatic heterocycles. The molecule has 0 aliphatic carbocycles. The Kier molecular flexibility index (Phi) is 6.26. The summed E-state index contributed by atoms with van der Waals surface area (Å²) in [5.74, 6) is 0.472. The average Bonchev–Trinajstić information content (AvgIpc) is 3.02. The van der Waals surface area contributed by atoms with E-state index in [1.54, 1.807) is 0 Å². The molecule has 2 aliphatic rings. The fourth-order valence-corrected chi connectivity index (χ4v) is 2.55. The maximum atomic E-state index is 11.3. The van der Waals surface area contributed by atoms with Crippen molar-refractivity contribution in [3.05, 3.63) is 0 Å². The number of carbonyl (C=O) groups excluding carboxylic acids is 2. The molecule has 0 saturated carbocycles. The molecule has 0 aromatic carbocycles. The zero-order chi connectivity index (χ0) is 14.2. The third-order valence-corrected chi connectivity index (χ3v) is 3.73. The average molecular weight is 284 g/mol. The summed E-state index contributed by atoms with van der Waals surface area (Å²) in [6.07, 6.45) is 3.30. The van der Waals surface area contributed by atoms with Crippen LogP contribution in [0.25, 0.3) is 0 Å². The van der Waals surface area contributed by atoms with E-state index < -0.39 is 0 Å². The van der Waals surface area contributed by atoms with E-state index in [-0.39, 0.29) is 11.8 Å². The number of hydrogen-bond donors (Lipinski definition) is 0. The van der Waals surface area contributed by atoms with Gasteiger partial charge in [0.15, 0.2) is 0 Å². The Bertz CT molecular complexity index is 303. The monoisotopic (exact) mass is 284 g/mol. The molecule has 0 spiro atoms. The molecular weight excluding hydrogens is 260 g/mol. The molecule has 2 heterocycles. The van der Waals surface area contributed by atoms with Crippen molar-refractivity contribution >= 4 is 11.8 Å². The number of amides is 2. The fraction of sp³-hybridized carbons (Fsp3) is 0.857. The van der Waals surface area contributed by atoms with Gasteiger partial charge in [-0.1, -0.05) is 0 Å². The Morgan fingerprint density at radius 1 is 0.750 bits per heavy atom. The fourth-order valence-electron chi connectivity index (χ4n) is 2.55. The molecule has 2 saturated heterocycles. The van der Waals surface area contributed by atoms with E-state index in [0.717, 1.165) is 25.9 Å². The van der Waals surface area contributed by atoms with Gasteiger partial charge in [-0.25, -0.2) is 0 Å². The van der Waals surface area contributed by atoms with Crippen molar-refractivity contribution in [3.8, 4) is 0 Å². The summed E-state index contributed by atoms with van der Waals surface area (Å²) < 4.78 is 10.9. The SMILES string of the molecule is O=C1CCCN1CCOCCOCCN1CCCC1=O. The molecule has 6 heteroatoms. The standard InChI is InChI=1S/C14H24N2O4/c17-13-3-1-5-15(13)7-9-19-11-12-20-10-8-16-6-2-4-14(16)18/h1-12H2. The lowest BCUT2D eigenvalue weighted by atomic mass is 10.4. The predicted molar refractivity (Wildman–Crippen MR) is 73.3 cm³/mol. The minimum Gasteiger partial charge on any atom is -0.377 e. The van der Waals surface area contributed by atoms with E-state index in [4.69, 9.17) is 9.47 Å². The molecule has 0 N–H and O–H groups in total. The van der Waals surface area contributed by atoms with Crippen LogP contribution in [0, 0.1) is 0 Å². The van der Waals surface area contributed by atoms with Gasteiger partial charge >= 0.3 is 0 Å². The van der Waals surface area contributed by atoms with Crippen LogP contribution in [0.1, 0.15) is 25.7 Å². The molecule has 6 nitrogen and oxygen atoms in total. The van der Waals surface area contributed by atoms with Gasteiger partial charge in [-0.15, -0.1) is 0 Å². The van der Waals surface area contributed by atoms with E-state index in [1.807, 2.05) is 9.80 Å². The van der Waals surface area contributed by atoms with Crippen LogP contribution in [0.3, 0.4) is 0 Å². The topological polar surface area (TPSA) is 59.1 Å². The second-order valence-electron chi connectivity index (χ2n) is 5.19. The molecular formula is C14H24N2O4. The summed E-state index contributed by atoms with van der Waals surface area (Å²) in [6.45, 7) is 5.30. The first-order valence-electron chi connectivity index (χ1n) is 7.48. The number of likely N-dealkylation sites (tertiary alicyclic amines) is 2. The number of rotatable bonds is 9. The largest absolute Gasteiger partial charge is 0.377 e. The van der Waals surface area contributed by atoms with Gasteiger partial charge in [0.25, 0.3) is 0 Å². The Morgan fingerprint density at radius 3 is 1.55 bits per heavy atom. The van der Waals surface area contributed by atoms with Gasteiger partial charge in [0.2, 0.25) is 11.8 Å². The Morgan fingerprint density at radius 2 is 1.20 bits per heavy atom. The highest BCUT2D eigenvalue weighted by atomic mass is 16.5. The van der Waals surface area contributed by atoms with E-state index >= 15 is 0 Å². The van der Waals surface area contributed by atoms with Crippen LogP contribution < -0.4 is 0 Å². The number of nitrogens with zero attached hydrogens (tertiary/aromatic N) is 2. The highest BCUT2D eigenvalue weighted by Crippen LogP contribution is 2.09. The van der Waals surface area contributed by atoms with E-state index in [9.17, 15) is 9.59 Å².